The van der Waals surface area contributed by atoms with Crippen molar-refractivity contribution in [2.75, 3.05) is 37.5 Å². The molecule has 8 heteroatoms. The highest BCUT2D eigenvalue weighted by molar-refractivity contribution is 5.95. The molecule has 0 heterocycles. The van der Waals surface area contributed by atoms with E-state index in [1.807, 2.05) is 31.1 Å². The molecule has 0 aromatic heterocycles. The van der Waals surface area contributed by atoms with Crippen molar-refractivity contribution in [1.29, 1.82) is 0 Å². The Balaban J connectivity index is 1.82. The Hall–Kier alpha value is -3.55. The first-order valence-electron chi connectivity index (χ1n) is 8.10. The number of carbonyl (C=O) groups is 3. The van der Waals surface area contributed by atoms with Crippen LogP contribution in [0.2, 0.25) is 0 Å². The Morgan fingerprint density at radius 1 is 0.963 bits per heavy atom. The van der Waals surface area contributed by atoms with Crippen molar-refractivity contribution in [1.82, 2.24) is 0 Å². The summed E-state index contributed by atoms with van der Waals surface area (Å²) in [5.41, 5.74) is 6.85. The van der Waals surface area contributed by atoms with Gasteiger partial charge in [0.2, 0.25) is 0 Å². The van der Waals surface area contributed by atoms with Crippen LogP contribution in [0.15, 0.2) is 48.5 Å². The first kappa shape index (κ1) is 19.8. The number of primary amides is 1. The van der Waals surface area contributed by atoms with E-state index in [1.165, 1.54) is 24.3 Å². The summed E-state index contributed by atoms with van der Waals surface area (Å²) in [7, 11) is 3.84. The number of esters is 1. The average Bonchev–Trinajstić information content (AvgIpc) is 2.65. The number of hydrogen-bond acceptors (Lipinski definition) is 6. The summed E-state index contributed by atoms with van der Waals surface area (Å²) < 4.78 is 10.1. The fourth-order valence-corrected chi connectivity index (χ4v) is 2.10. The molecule has 0 radical (unpaired) electrons. The summed E-state index contributed by atoms with van der Waals surface area (Å²) in [4.78, 5) is 36.5. The van der Waals surface area contributed by atoms with E-state index in [4.69, 9.17) is 15.2 Å². The van der Waals surface area contributed by atoms with Gasteiger partial charge < -0.3 is 25.4 Å². The summed E-state index contributed by atoms with van der Waals surface area (Å²) in [6.07, 6.45) is 0. The molecule has 0 aliphatic heterocycles. The molecule has 0 unspecified atom stereocenters. The fraction of sp³-hybridized carbons (Fsp3) is 0.211. The van der Waals surface area contributed by atoms with Crippen LogP contribution < -0.4 is 20.7 Å². The number of nitrogens with two attached hydrogens (primary N) is 1. The largest absolute Gasteiger partial charge is 0.484 e. The smallest absolute Gasteiger partial charge is 0.338 e. The molecule has 0 fully saturated rings. The molecule has 2 aromatic rings. The maximum atomic E-state index is 12.0. The minimum atomic E-state index is -0.644. The number of amides is 2. The third kappa shape index (κ3) is 6.35. The average molecular weight is 371 g/mol. The number of anilines is 2. The van der Waals surface area contributed by atoms with Crippen LogP contribution in [0.25, 0.3) is 0 Å². The highest BCUT2D eigenvalue weighted by Gasteiger charge is 2.11. The van der Waals surface area contributed by atoms with Crippen LogP contribution in [0, 0.1) is 0 Å². The molecule has 2 aromatic carbocycles. The van der Waals surface area contributed by atoms with Crippen molar-refractivity contribution in [2.45, 2.75) is 0 Å². The van der Waals surface area contributed by atoms with Gasteiger partial charge in [-0.25, -0.2) is 4.79 Å². The Morgan fingerprint density at radius 3 is 2.15 bits per heavy atom. The monoisotopic (exact) mass is 371 g/mol. The van der Waals surface area contributed by atoms with Crippen LogP contribution in [-0.2, 0) is 14.3 Å². The van der Waals surface area contributed by atoms with Gasteiger partial charge in [0.05, 0.1) is 5.56 Å². The number of hydrogen-bond donors (Lipinski definition) is 2. The summed E-state index contributed by atoms with van der Waals surface area (Å²) in [6, 6.07) is 13.2. The SMILES string of the molecule is CN(C)c1ccc(NC(=O)COC(=O)c2ccc(OCC(N)=O)cc2)cc1. The lowest BCUT2D eigenvalue weighted by atomic mass is 10.2. The van der Waals surface area contributed by atoms with Crippen LogP contribution in [-0.4, -0.2) is 45.1 Å². The van der Waals surface area contributed by atoms with Gasteiger partial charge in [0.15, 0.2) is 13.2 Å². The number of nitrogens with one attached hydrogen (secondary N) is 1. The molecule has 142 valence electrons. The zero-order valence-corrected chi connectivity index (χ0v) is 15.1. The zero-order valence-electron chi connectivity index (χ0n) is 15.1. The van der Waals surface area contributed by atoms with E-state index in [0.717, 1.165) is 5.69 Å². The second-order valence-corrected chi connectivity index (χ2v) is 5.84. The number of nitrogens with zero attached hydrogens (tertiary/aromatic N) is 1. The maximum Gasteiger partial charge on any atom is 0.338 e. The summed E-state index contributed by atoms with van der Waals surface area (Å²) in [5, 5.41) is 2.65. The second kappa shape index (κ2) is 9.23. The standard InChI is InChI=1S/C19H21N3O5/c1-22(2)15-7-5-14(6-8-15)21-18(24)12-27-19(25)13-3-9-16(10-4-13)26-11-17(20)23/h3-10H,11-12H2,1-2H3,(H2,20,23)(H,21,24). The molecule has 0 aliphatic carbocycles. The molecule has 0 bridgehead atoms. The quantitative estimate of drug-likeness (QED) is 0.679. The van der Waals surface area contributed by atoms with Gasteiger partial charge in [0.1, 0.15) is 5.75 Å². The number of carbonyl (C=O) groups excluding carboxylic acids is 3. The molecule has 8 nitrogen and oxygen atoms in total. The topological polar surface area (TPSA) is 111 Å². The fourth-order valence-electron chi connectivity index (χ4n) is 2.10. The lowest BCUT2D eigenvalue weighted by Crippen LogP contribution is -2.21. The van der Waals surface area contributed by atoms with Crippen molar-refractivity contribution >= 4 is 29.2 Å². The number of ether oxygens (including phenoxy) is 2. The third-order valence-corrected chi connectivity index (χ3v) is 3.47. The molecule has 0 spiro atoms. The normalized spacial score (nSPS) is 10.0. The van der Waals surface area contributed by atoms with Crippen LogP contribution in [0.4, 0.5) is 11.4 Å². The lowest BCUT2D eigenvalue weighted by molar-refractivity contribution is -0.120. The summed E-state index contributed by atoms with van der Waals surface area (Å²) in [5.74, 6) is -1.29. The second-order valence-electron chi connectivity index (χ2n) is 5.84. The van der Waals surface area contributed by atoms with E-state index in [9.17, 15) is 14.4 Å². The van der Waals surface area contributed by atoms with Crippen molar-refractivity contribution in [3.05, 3.63) is 54.1 Å². The molecular formula is C19H21N3O5. The first-order chi connectivity index (χ1) is 12.8. The molecule has 27 heavy (non-hydrogen) atoms. The van der Waals surface area contributed by atoms with Crippen LogP contribution in [0.5, 0.6) is 5.75 Å². The van der Waals surface area contributed by atoms with Gasteiger partial charge in [-0.2, -0.15) is 0 Å². The Bertz CT molecular complexity index is 801. The molecule has 0 atom stereocenters. The zero-order chi connectivity index (χ0) is 19.8. The third-order valence-electron chi connectivity index (χ3n) is 3.47. The van der Waals surface area contributed by atoms with E-state index in [0.29, 0.717) is 11.4 Å². The van der Waals surface area contributed by atoms with Gasteiger partial charge in [0, 0.05) is 25.5 Å². The van der Waals surface area contributed by atoms with Crippen molar-refractivity contribution in [3.63, 3.8) is 0 Å². The highest BCUT2D eigenvalue weighted by atomic mass is 16.5. The Morgan fingerprint density at radius 2 is 1.59 bits per heavy atom. The van der Waals surface area contributed by atoms with Gasteiger partial charge in [-0.3, -0.25) is 9.59 Å². The van der Waals surface area contributed by atoms with Crippen molar-refractivity contribution in [2.24, 2.45) is 5.73 Å². The molecule has 3 N–H and O–H groups in total. The maximum absolute atomic E-state index is 12.0. The van der Waals surface area contributed by atoms with Gasteiger partial charge in [-0.15, -0.1) is 0 Å². The van der Waals surface area contributed by atoms with Crippen LogP contribution >= 0.6 is 0 Å². The predicted molar refractivity (Wildman–Crippen MR) is 101 cm³/mol. The van der Waals surface area contributed by atoms with Crippen LogP contribution in [0.3, 0.4) is 0 Å². The van der Waals surface area contributed by atoms with Crippen molar-refractivity contribution < 1.29 is 23.9 Å². The molecule has 0 saturated heterocycles. The first-order valence-corrected chi connectivity index (χ1v) is 8.10. The molecular weight excluding hydrogens is 350 g/mol. The van der Waals surface area contributed by atoms with Gasteiger partial charge in [-0.05, 0) is 48.5 Å². The van der Waals surface area contributed by atoms with E-state index in [1.54, 1.807) is 12.1 Å². The predicted octanol–water partition coefficient (Wildman–Crippen LogP) is 1.41. The van der Waals surface area contributed by atoms with E-state index in [2.05, 4.69) is 5.32 Å². The molecule has 2 rings (SSSR count). The Labute approximate surface area is 156 Å². The van der Waals surface area contributed by atoms with Gasteiger partial charge in [0.25, 0.3) is 11.8 Å². The van der Waals surface area contributed by atoms with Crippen molar-refractivity contribution in [3.8, 4) is 5.75 Å². The minimum absolute atomic E-state index is 0.251. The van der Waals surface area contributed by atoms with E-state index >= 15 is 0 Å². The summed E-state index contributed by atoms with van der Waals surface area (Å²) in [6.45, 7) is -0.659. The molecule has 2 amide bonds. The van der Waals surface area contributed by atoms with E-state index < -0.39 is 24.4 Å². The number of rotatable bonds is 8. The Kier molecular flexibility index (Phi) is 6.76. The number of benzene rings is 2. The van der Waals surface area contributed by atoms with Gasteiger partial charge in [-0.1, -0.05) is 0 Å². The van der Waals surface area contributed by atoms with Crippen LogP contribution in [0.1, 0.15) is 10.4 Å². The minimum Gasteiger partial charge on any atom is -0.484 e. The molecule has 0 aliphatic rings. The van der Waals surface area contributed by atoms with E-state index in [-0.39, 0.29) is 12.2 Å². The highest BCUT2D eigenvalue weighted by Crippen LogP contribution is 2.16. The van der Waals surface area contributed by atoms with Gasteiger partial charge >= 0.3 is 5.97 Å². The lowest BCUT2D eigenvalue weighted by Gasteiger charge is -2.13. The summed E-state index contributed by atoms with van der Waals surface area (Å²) >= 11 is 0. The molecule has 0 saturated carbocycles.